The van der Waals surface area contributed by atoms with Gasteiger partial charge in [0.15, 0.2) is 5.17 Å². The monoisotopic (exact) mass is 407 g/mol. The number of alkyl halides is 3. The predicted octanol–water partition coefficient (Wildman–Crippen LogP) is 4.30. The van der Waals surface area contributed by atoms with Gasteiger partial charge in [0.25, 0.3) is 0 Å². The summed E-state index contributed by atoms with van der Waals surface area (Å²) in [5.41, 5.74) is -0.181. The molecule has 146 valence electrons. The smallest absolute Gasteiger partial charge is 0.325 e. The van der Waals surface area contributed by atoms with E-state index in [1.54, 1.807) is 24.3 Å². The van der Waals surface area contributed by atoms with E-state index in [2.05, 4.69) is 10.3 Å². The zero-order valence-electron chi connectivity index (χ0n) is 14.7. The van der Waals surface area contributed by atoms with Gasteiger partial charge in [-0.2, -0.15) is 13.2 Å². The van der Waals surface area contributed by atoms with Crippen molar-refractivity contribution in [3.05, 3.63) is 60.2 Å². The van der Waals surface area contributed by atoms with Gasteiger partial charge in [-0.3, -0.25) is 14.5 Å². The molecule has 1 aliphatic rings. The van der Waals surface area contributed by atoms with E-state index in [0.29, 0.717) is 5.69 Å². The number of nitrogens with zero attached hydrogens (tertiary/aromatic N) is 2. The highest BCUT2D eigenvalue weighted by molar-refractivity contribution is 8.15. The maximum atomic E-state index is 12.9. The summed E-state index contributed by atoms with van der Waals surface area (Å²) in [6.07, 6.45) is -4.52. The van der Waals surface area contributed by atoms with Gasteiger partial charge in [0.2, 0.25) is 11.8 Å². The van der Waals surface area contributed by atoms with Gasteiger partial charge in [-0.1, -0.05) is 36.0 Å². The number of carbonyl (C=O) groups is 2. The maximum absolute atomic E-state index is 12.9. The first-order valence-corrected chi connectivity index (χ1v) is 9.17. The molecule has 5 nitrogen and oxygen atoms in total. The minimum absolute atomic E-state index is 0.0263. The zero-order valence-corrected chi connectivity index (χ0v) is 15.6. The first-order valence-electron chi connectivity index (χ1n) is 8.29. The number of benzene rings is 2. The number of rotatable bonds is 3. The fraction of sp³-hybridized carbons (Fsp3) is 0.211. The van der Waals surface area contributed by atoms with Crippen molar-refractivity contribution in [3.8, 4) is 0 Å². The van der Waals surface area contributed by atoms with Gasteiger partial charge in [-0.25, -0.2) is 4.99 Å². The molecule has 1 aliphatic heterocycles. The second-order valence-corrected chi connectivity index (χ2v) is 7.23. The van der Waals surface area contributed by atoms with Crippen molar-refractivity contribution in [3.63, 3.8) is 0 Å². The molecule has 0 aliphatic carbocycles. The van der Waals surface area contributed by atoms with Crippen LogP contribution in [0.4, 0.5) is 24.5 Å². The van der Waals surface area contributed by atoms with E-state index in [0.717, 1.165) is 23.9 Å². The number of nitrogens with one attached hydrogen (secondary N) is 1. The third kappa shape index (κ3) is 4.72. The van der Waals surface area contributed by atoms with Crippen LogP contribution in [0.5, 0.6) is 0 Å². The number of carbonyl (C=O) groups excluding carboxylic acids is 2. The number of para-hydroxylation sites is 1. The van der Waals surface area contributed by atoms with Crippen molar-refractivity contribution >= 4 is 40.1 Å². The van der Waals surface area contributed by atoms with E-state index >= 15 is 0 Å². The summed E-state index contributed by atoms with van der Waals surface area (Å²) < 4.78 is 38.7. The molecule has 0 aromatic heterocycles. The molecule has 1 fully saturated rings. The molecule has 0 spiro atoms. The number of hydrogen-bond donors (Lipinski definition) is 1. The Balaban J connectivity index is 1.81. The quantitative estimate of drug-likeness (QED) is 0.826. The van der Waals surface area contributed by atoms with Crippen LogP contribution in [0.3, 0.4) is 0 Å². The summed E-state index contributed by atoms with van der Waals surface area (Å²) in [6, 6.07) is 13.3. The van der Waals surface area contributed by atoms with Crippen LogP contribution in [0.2, 0.25) is 0 Å². The van der Waals surface area contributed by atoms with E-state index in [1.807, 2.05) is 6.07 Å². The normalized spacial score (nSPS) is 19.0. The summed E-state index contributed by atoms with van der Waals surface area (Å²) >= 11 is 1.04. The number of thioether (sulfide) groups is 1. The van der Waals surface area contributed by atoms with Crippen LogP contribution in [0.25, 0.3) is 0 Å². The van der Waals surface area contributed by atoms with E-state index in [9.17, 15) is 22.8 Å². The third-order valence-corrected chi connectivity index (χ3v) is 5.24. The van der Waals surface area contributed by atoms with Crippen molar-refractivity contribution < 1.29 is 22.8 Å². The molecule has 3 rings (SSSR count). The topological polar surface area (TPSA) is 61.8 Å². The van der Waals surface area contributed by atoms with Crippen molar-refractivity contribution in [2.75, 3.05) is 12.4 Å². The SMILES string of the molecule is CN1C(=O)C[C@@H](C(=O)Nc2ccccc2)SC1=Nc1cccc(C(F)(F)F)c1. The molecule has 1 N–H and O–H groups in total. The van der Waals surface area contributed by atoms with Crippen molar-refractivity contribution in [1.82, 2.24) is 4.90 Å². The van der Waals surface area contributed by atoms with Gasteiger partial charge >= 0.3 is 6.18 Å². The Morgan fingerprint density at radius 2 is 1.89 bits per heavy atom. The van der Waals surface area contributed by atoms with Crippen LogP contribution < -0.4 is 5.32 Å². The lowest BCUT2D eigenvalue weighted by Crippen LogP contribution is -2.43. The Labute approximate surface area is 163 Å². The summed E-state index contributed by atoms with van der Waals surface area (Å²) in [4.78, 5) is 30.2. The summed E-state index contributed by atoms with van der Waals surface area (Å²) in [7, 11) is 1.48. The second kappa shape index (κ2) is 8.05. The molecule has 9 heteroatoms. The van der Waals surface area contributed by atoms with Gasteiger partial charge in [-0.05, 0) is 30.3 Å². The third-order valence-electron chi connectivity index (χ3n) is 4.00. The van der Waals surface area contributed by atoms with E-state index in [1.165, 1.54) is 24.1 Å². The van der Waals surface area contributed by atoms with Gasteiger partial charge in [-0.15, -0.1) is 0 Å². The highest BCUT2D eigenvalue weighted by Crippen LogP contribution is 2.33. The molecule has 2 aromatic carbocycles. The minimum Gasteiger partial charge on any atom is -0.325 e. The summed E-state index contributed by atoms with van der Waals surface area (Å²) in [6.45, 7) is 0. The lowest BCUT2D eigenvalue weighted by atomic mass is 10.2. The molecule has 1 heterocycles. The summed E-state index contributed by atoms with van der Waals surface area (Å²) in [5, 5.41) is 2.17. The second-order valence-electron chi connectivity index (χ2n) is 6.06. The number of hydrogen-bond acceptors (Lipinski definition) is 4. The molecule has 0 saturated carbocycles. The van der Waals surface area contributed by atoms with Crippen molar-refractivity contribution in [1.29, 1.82) is 0 Å². The lowest BCUT2D eigenvalue weighted by Gasteiger charge is -2.28. The average Bonchev–Trinajstić information content (AvgIpc) is 2.65. The zero-order chi connectivity index (χ0) is 20.3. The Kier molecular flexibility index (Phi) is 5.73. The van der Waals surface area contributed by atoms with E-state index in [4.69, 9.17) is 0 Å². The van der Waals surface area contributed by atoms with Crippen molar-refractivity contribution in [2.24, 2.45) is 4.99 Å². The van der Waals surface area contributed by atoms with Gasteiger partial charge in [0.1, 0.15) is 5.25 Å². The lowest BCUT2D eigenvalue weighted by molar-refractivity contribution is -0.137. The van der Waals surface area contributed by atoms with Crippen molar-refractivity contribution in [2.45, 2.75) is 17.8 Å². The standard InChI is InChI=1S/C19H16F3N3O2S/c1-25-16(26)11-15(17(27)23-13-7-3-2-4-8-13)28-18(25)24-14-9-5-6-12(10-14)19(20,21)22/h2-10,15H,11H2,1H3,(H,23,27)/t15-/m0/s1. The molecule has 0 unspecified atom stereocenters. The highest BCUT2D eigenvalue weighted by Gasteiger charge is 2.34. The fourth-order valence-corrected chi connectivity index (χ4v) is 3.57. The number of halogens is 3. The minimum atomic E-state index is -4.49. The molecule has 28 heavy (non-hydrogen) atoms. The van der Waals surface area contributed by atoms with Crippen LogP contribution in [0.1, 0.15) is 12.0 Å². The highest BCUT2D eigenvalue weighted by atomic mass is 32.2. The Morgan fingerprint density at radius 3 is 2.57 bits per heavy atom. The number of amidine groups is 1. The van der Waals surface area contributed by atoms with Gasteiger partial charge < -0.3 is 5.32 Å². The number of aliphatic imine (C=N–C) groups is 1. The molecule has 1 atom stereocenters. The molecular weight excluding hydrogens is 391 g/mol. The molecule has 2 amide bonds. The molecular formula is C19H16F3N3O2S. The fourth-order valence-electron chi connectivity index (χ4n) is 2.50. The first kappa shape index (κ1) is 19.9. The van der Waals surface area contributed by atoms with Gasteiger partial charge in [0.05, 0.1) is 11.3 Å². The first-order chi connectivity index (χ1) is 13.2. The van der Waals surface area contributed by atoms with Crippen LogP contribution in [0, 0.1) is 0 Å². The number of amides is 2. The van der Waals surface area contributed by atoms with E-state index in [-0.39, 0.29) is 29.1 Å². The van der Waals surface area contributed by atoms with Crippen LogP contribution >= 0.6 is 11.8 Å². The Morgan fingerprint density at radius 1 is 1.18 bits per heavy atom. The maximum Gasteiger partial charge on any atom is 0.416 e. The Hall–Kier alpha value is -2.81. The van der Waals surface area contributed by atoms with Crippen LogP contribution in [0.15, 0.2) is 59.6 Å². The molecule has 0 bridgehead atoms. The average molecular weight is 407 g/mol. The predicted molar refractivity (Wildman–Crippen MR) is 102 cm³/mol. The van der Waals surface area contributed by atoms with Crippen LogP contribution in [-0.2, 0) is 15.8 Å². The van der Waals surface area contributed by atoms with Gasteiger partial charge in [0, 0.05) is 19.2 Å². The van der Waals surface area contributed by atoms with Crippen LogP contribution in [-0.4, -0.2) is 34.2 Å². The largest absolute Gasteiger partial charge is 0.416 e. The number of anilines is 1. The Bertz CT molecular complexity index is 916. The molecule has 0 radical (unpaired) electrons. The molecule has 2 aromatic rings. The summed E-state index contributed by atoms with van der Waals surface area (Å²) in [5.74, 6) is -0.702. The van der Waals surface area contributed by atoms with E-state index < -0.39 is 17.0 Å². The molecule has 1 saturated heterocycles.